The van der Waals surface area contributed by atoms with E-state index in [1.807, 2.05) is 41.8 Å². The van der Waals surface area contributed by atoms with Gasteiger partial charge in [0.15, 0.2) is 0 Å². The number of benzene rings is 1. The van der Waals surface area contributed by atoms with Crippen molar-refractivity contribution in [3.05, 3.63) is 53.1 Å². The zero-order valence-electron chi connectivity index (χ0n) is 10.3. The predicted molar refractivity (Wildman–Crippen MR) is 70.0 cm³/mol. The highest BCUT2D eigenvalue weighted by Gasteiger charge is 2.26. The second-order valence-corrected chi connectivity index (χ2v) is 4.09. The molecule has 1 aliphatic rings. The molecule has 96 valence electrons. The number of aryl methyl sites for hydroxylation is 1. The van der Waals surface area contributed by atoms with Crippen molar-refractivity contribution in [2.45, 2.75) is 6.92 Å². The highest BCUT2D eigenvalue weighted by atomic mass is 16.2. The molecule has 1 aromatic rings. The maximum absolute atomic E-state index is 11.4. The van der Waals surface area contributed by atoms with Crippen LogP contribution in [-0.2, 0) is 9.59 Å². The van der Waals surface area contributed by atoms with Crippen molar-refractivity contribution in [3.8, 4) is 0 Å². The second-order valence-electron chi connectivity index (χ2n) is 4.09. The lowest BCUT2D eigenvalue weighted by molar-refractivity contribution is -0.124. The molecule has 5 heteroatoms. The first-order valence-corrected chi connectivity index (χ1v) is 5.68. The van der Waals surface area contributed by atoms with Crippen LogP contribution in [0.4, 0.5) is 4.79 Å². The summed E-state index contributed by atoms with van der Waals surface area (Å²) in [7, 11) is 0. The summed E-state index contributed by atoms with van der Waals surface area (Å²) in [4.78, 5) is 33.7. The SMILES string of the molecule is Cc1ccc(/C=C/C=C2C(=O)NC(=O)NC2=O)cc1. The van der Waals surface area contributed by atoms with E-state index in [-0.39, 0.29) is 5.57 Å². The maximum Gasteiger partial charge on any atom is 0.328 e. The van der Waals surface area contributed by atoms with Gasteiger partial charge < -0.3 is 0 Å². The van der Waals surface area contributed by atoms with E-state index in [2.05, 4.69) is 0 Å². The van der Waals surface area contributed by atoms with Gasteiger partial charge in [-0.15, -0.1) is 0 Å². The third-order valence-electron chi connectivity index (χ3n) is 2.57. The van der Waals surface area contributed by atoms with Gasteiger partial charge in [-0.1, -0.05) is 42.0 Å². The number of barbiturate groups is 1. The maximum atomic E-state index is 11.4. The number of hydrogen-bond donors (Lipinski definition) is 2. The summed E-state index contributed by atoms with van der Waals surface area (Å²) < 4.78 is 0. The number of hydrogen-bond acceptors (Lipinski definition) is 3. The van der Waals surface area contributed by atoms with E-state index < -0.39 is 17.8 Å². The quantitative estimate of drug-likeness (QED) is 0.618. The standard InChI is InChI=1S/C14H12N2O3/c1-9-5-7-10(8-6-9)3-2-4-11-12(17)15-14(19)16-13(11)18/h2-8H,1H3,(H2,15,16,17,18,19)/b3-2+. The van der Waals surface area contributed by atoms with Crippen molar-refractivity contribution < 1.29 is 14.4 Å². The van der Waals surface area contributed by atoms with Crippen LogP contribution in [0.15, 0.2) is 42.0 Å². The van der Waals surface area contributed by atoms with Crippen LogP contribution in [0, 0.1) is 6.92 Å². The number of imide groups is 2. The van der Waals surface area contributed by atoms with Gasteiger partial charge in [0.2, 0.25) is 0 Å². The van der Waals surface area contributed by atoms with Gasteiger partial charge in [-0.25, -0.2) is 4.79 Å². The summed E-state index contributed by atoms with van der Waals surface area (Å²) in [6.45, 7) is 1.99. The molecular weight excluding hydrogens is 244 g/mol. The molecule has 1 aromatic carbocycles. The van der Waals surface area contributed by atoms with Crippen molar-refractivity contribution >= 4 is 23.9 Å². The lowest BCUT2D eigenvalue weighted by Crippen LogP contribution is -2.51. The largest absolute Gasteiger partial charge is 0.328 e. The monoisotopic (exact) mass is 256 g/mol. The van der Waals surface area contributed by atoms with Crippen LogP contribution < -0.4 is 10.6 Å². The summed E-state index contributed by atoms with van der Waals surface area (Å²) in [5.74, 6) is -1.38. The van der Waals surface area contributed by atoms with Crippen LogP contribution in [0.25, 0.3) is 6.08 Å². The van der Waals surface area contributed by atoms with Crippen molar-refractivity contribution in [1.29, 1.82) is 0 Å². The number of carbonyl (C=O) groups is 3. The molecule has 1 fully saturated rings. The number of nitrogens with one attached hydrogen (secondary N) is 2. The normalized spacial score (nSPS) is 15.4. The van der Waals surface area contributed by atoms with Gasteiger partial charge in [-0.05, 0) is 18.6 Å². The van der Waals surface area contributed by atoms with Crippen molar-refractivity contribution in [3.63, 3.8) is 0 Å². The van der Waals surface area contributed by atoms with Crippen LogP contribution >= 0.6 is 0 Å². The second kappa shape index (κ2) is 5.30. The molecule has 0 aromatic heterocycles. The van der Waals surface area contributed by atoms with Crippen LogP contribution in [0.3, 0.4) is 0 Å². The van der Waals surface area contributed by atoms with E-state index in [9.17, 15) is 14.4 Å². The molecule has 0 aliphatic carbocycles. The highest BCUT2D eigenvalue weighted by Crippen LogP contribution is 2.06. The molecule has 0 radical (unpaired) electrons. The number of carbonyl (C=O) groups excluding carboxylic acids is 3. The van der Waals surface area contributed by atoms with Crippen LogP contribution in [0.1, 0.15) is 11.1 Å². The Balaban J connectivity index is 2.13. The summed E-state index contributed by atoms with van der Waals surface area (Å²) in [6, 6.07) is 6.98. The Morgan fingerprint density at radius 2 is 1.53 bits per heavy atom. The number of rotatable bonds is 2. The fraction of sp³-hybridized carbons (Fsp3) is 0.0714. The van der Waals surface area contributed by atoms with Gasteiger partial charge in [-0.2, -0.15) is 0 Å². The fourth-order valence-electron chi connectivity index (χ4n) is 1.56. The van der Waals surface area contributed by atoms with Crippen molar-refractivity contribution in [2.75, 3.05) is 0 Å². The molecule has 19 heavy (non-hydrogen) atoms. The molecule has 0 saturated carbocycles. The van der Waals surface area contributed by atoms with E-state index >= 15 is 0 Å². The Bertz CT molecular complexity index is 576. The Kier molecular flexibility index (Phi) is 3.56. The van der Waals surface area contributed by atoms with Gasteiger partial charge >= 0.3 is 6.03 Å². The topological polar surface area (TPSA) is 75.3 Å². The van der Waals surface area contributed by atoms with Crippen molar-refractivity contribution in [1.82, 2.24) is 10.6 Å². The summed E-state index contributed by atoms with van der Waals surface area (Å²) in [5, 5.41) is 4.01. The average Bonchev–Trinajstić information content (AvgIpc) is 2.34. The first-order valence-electron chi connectivity index (χ1n) is 5.68. The van der Waals surface area contributed by atoms with Crippen molar-refractivity contribution in [2.24, 2.45) is 0 Å². The Hall–Kier alpha value is -2.69. The summed E-state index contributed by atoms with van der Waals surface area (Å²) in [6.07, 6.45) is 4.73. The van der Waals surface area contributed by atoms with E-state index in [0.29, 0.717) is 0 Å². The molecule has 1 heterocycles. The van der Waals surface area contributed by atoms with Gasteiger partial charge in [0.05, 0.1) is 0 Å². The Morgan fingerprint density at radius 1 is 0.947 bits per heavy atom. The average molecular weight is 256 g/mol. The molecule has 5 nitrogen and oxygen atoms in total. The lowest BCUT2D eigenvalue weighted by Gasteiger charge is -2.12. The molecule has 0 unspecified atom stereocenters. The van der Waals surface area contributed by atoms with Gasteiger partial charge in [-0.3, -0.25) is 20.2 Å². The third kappa shape index (κ3) is 3.16. The molecule has 0 spiro atoms. The fourth-order valence-corrected chi connectivity index (χ4v) is 1.56. The summed E-state index contributed by atoms with van der Waals surface area (Å²) >= 11 is 0. The Morgan fingerprint density at radius 3 is 2.11 bits per heavy atom. The Labute approximate surface area is 110 Å². The first kappa shape index (κ1) is 12.8. The van der Waals surface area contributed by atoms with E-state index in [1.54, 1.807) is 12.2 Å². The van der Waals surface area contributed by atoms with Crippen LogP contribution in [0.2, 0.25) is 0 Å². The van der Waals surface area contributed by atoms with E-state index in [4.69, 9.17) is 0 Å². The zero-order valence-corrected chi connectivity index (χ0v) is 10.3. The number of amides is 4. The van der Waals surface area contributed by atoms with E-state index in [0.717, 1.165) is 11.1 Å². The smallest absolute Gasteiger partial charge is 0.273 e. The zero-order chi connectivity index (χ0) is 13.8. The van der Waals surface area contributed by atoms with Crippen LogP contribution in [-0.4, -0.2) is 17.8 Å². The number of allylic oxidation sites excluding steroid dienone is 2. The van der Waals surface area contributed by atoms with Gasteiger partial charge in [0.1, 0.15) is 5.57 Å². The molecule has 0 bridgehead atoms. The molecule has 1 aliphatic heterocycles. The minimum atomic E-state index is -0.797. The highest BCUT2D eigenvalue weighted by molar-refractivity contribution is 6.29. The first-order chi connectivity index (χ1) is 9.06. The molecule has 2 rings (SSSR count). The lowest BCUT2D eigenvalue weighted by atomic mass is 10.1. The minimum Gasteiger partial charge on any atom is -0.273 e. The molecule has 0 atom stereocenters. The van der Waals surface area contributed by atoms with Crippen LogP contribution in [0.5, 0.6) is 0 Å². The predicted octanol–water partition coefficient (Wildman–Crippen LogP) is 1.30. The third-order valence-corrected chi connectivity index (χ3v) is 2.57. The summed E-state index contributed by atoms with van der Waals surface area (Å²) in [5.41, 5.74) is 2.01. The molecule has 4 amide bonds. The molecular formula is C14H12N2O3. The van der Waals surface area contributed by atoms with Gasteiger partial charge in [0, 0.05) is 0 Å². The molecule has 2 N–H and O–H groups in total. The number of urea groups is 1. The van der Waals surface area contributed by atoms with Gasteiger partial charge in [0.25, 0.3) is 11.8 Å². The minimum absolute atomic E-state index is 0.0945. The molecule has 1 saturated heterocycles. The van der Waals surface area contributed by atoms with E-state index in [1.165, 1.54) is 6.08 Å².